The lowest BCUT2D eigenvalue weighted by Crippen LogP contribution is -2.47. The monoisotopic (exact) mass is 476 g/mol. The van der Waals surface area contributed by atoms with Crippen molar-refractivity contribution in [1.29, 1.82) is 0 Å². The lowest BCUT2D eigenvalue weighted by molar-refractivity contribution is -0.119. The number of hydrogen-bond donors (Lipinski definition) is 2. The van der Waals surface area contributed by atoms with Gasteiger partial charge in [0.25, 0.3) is 5.91 Å². The third-order valence-corrected chi connectivity index (χ3v) is 5.96. The van der Waals surface area contributed by atoms with Gasteiger partial charge in [0.15, 0.2) is 0 Å². The Kier molecular flexibility index (Phi) is 5.86. The molecule has 1 unspecified atom stereocenters. The molecule has 3 aromatic carbocycles. The third-order valence-electron chi connectivity index (χ3n) is 5.07. The smallest absolute Gasteiger partial charge is 0.311 e. The first kappa shape index (κ1) is 20.8. The number of nitrogens with one attached hydrogen (secondary N) is 2. The number of carbonyl (C=O) groups excluding carboxylic acids is 2. The molecule has 0 aromatic heterocycles. The van der Waals surface area contributed by atoms with Crippen LogP contribution in [0.2, 0.25) is 0 Å². The van der Waals surface area contributed by atoms with E-state index in [-0.39, 0.29) is 5.91 Å². The number of amides is 3. The zero-order valence-electron chi connectivity index (χ0n) is 17.1. The molecule has 0 spiro atoms. The van der Waals surface area contributed by atoms with Crippen LogP contribution in [0, 0.1) is 6.92 Å². The number of rotatable bonds is 3. The summed E-state index contributed by atoms with van der Waals surface area (Å²) in [4.78, 5) is 32.0. The first-order valence-electron chi connectivity index (χ1n) is 9.78. The van der Waals surface area contributed by atoms with E-state index < -0.39 is 12.2 Å². The maximum Gasteiger partial charge on any atom is 0.321 e. The minimum atomic E-state index is -1.07. The van der Waals surface area contributed by atoms with Gasteiger partial charge in [0.2, 0.25) is 6.17 Å². The lowest BCUT2D eigenvalue weighted by Gasteiger charge is -2.21. The Labute approximate surface area is 189 Å². The molecular weight excluding hydrogens is 456 g/mol. The van der Waals surface area contributed by atoms with Gasteiger partial charge < -0.3 is 15.5 Å². The summed E-state index contributed by atoms with van der Waals surface area (Å²) in [6, 6.07) is 22.2. The van der Waals surface area contributed by atoms with Gasteiger partial charge >= 0.3 is 6.03 Å². The summed E-state index contributed by atoms with van der Waals surface area (Å²) >= 11 is 3.45. The molecule has 1 aliphatic heterocycles. The Morgan fingerprint density at radius 1 is 1.03 bits per heavy atom. The molecular formula is C24H21BrN4O2. The second kappa shape index (κ2) is 8.73. The van der Waals surface area contributed by atoms with E-state index >= 15 is 0 Å². The van der Waals surface area contributed by atoms with Crippen LogP contribution in [0.4, 0.5) is 16.2 Å². The summed E-state index contributed by atoms with van der Waals surface area (Å²) in [6.07, 6.45) is -1.07. The van der Waals surface area contributed by atoms with E-state index in [2.05, 4.69) is 31.6 Å². The Morgan fingerprint density at radius 2 is 1.74 bits per heavy atom. The second-order valence-electron chi connectivity index (χ2n) is 7.22. The molecule has 2 N–H and O–H groups in total. The summed E-state index contributed by atoms with van der Waals surface area (Å²) in [5.74, 6) is -0.319. The number of carbonyl (C=O) groups is 2. The molecule has 0 aliphatic carbocycles. The summed E-state index contributed by atoms with van der Waals surface area (Å²) in [5.41, 5.74) is 4.71. The fourth-order valence-corrected chi connectivity index (χ4v) is 3.70. The van der Waals surface area contributed by atoms with E-state index in [9.17, 15) is 9.59 Å². The van der Waals surface area contributed by atoms with Gasteiger partial charge in [0.05, 0.1) is 11.4 Å². The van der Waals surface area contributed by atoms with Gasteiger partial charge in [-0.2, -0.15) is 0 Å². The molecule has 0 fully saturated rings. The van der Waals surface area contributed by atoms with E-state index in [1.165, 1.54) is 4.90 Å². The van der Waals surface area contributed by atoms with Gasteiger partial charge in [0, 0.05) is 28.3 Å². The van der Waals surface area contributed by atoms with Crippen LogP contribution in [0.25, 0.3) is 0 Å². The SMILES string of the molecule is Cc1cc(NC(=O)NC2N=C(c3ccccc3)c3ccccc3N(C)C2=O)ccc1Br. The van der Waals surface area contributed by atoms with Gasteiger partial charge in [-0.15, -0.1) is 0 Å². The molecule has 1 heterocycles. The van der Waals surface area contributed by atoms with Crippen LogP contribution in [0.5, 0.6) is 0 Å². The van der Waals surface area contributed by atoms with Crippen molar-refractivity contribution in [3.05, 3.63) is 94.0 Å². The molecule has 156 valence electrons. The standard InChI is InChI=1S/C24H21BrN4O2/c1-15-14-17(12-13-19(15)25)26-24(31)28-22-23(30)29(2)20-11-7-6-10-18(20)21(27-22)16-8-4-3-5-9-16/h3-14,22H,1-2H3,(H2,26,28,31). The fraction of sp³-hybridized carbons (Fsp3) is 0.125. The number of fused-ring (bicyclic) bond motifs is 1. The Bertz CT molecular complexity index is 1180. The molecule has 0 saturated heterocycles. The molecule has 0 bridgehead atoms. The first-order chi connectivity index (χ1) is 14.9. The van der Waals surface area contributed by atoms with Crippen molar-refractivity contribution >= 4 is 45.0 Å². The van der Waals surface area contributed by atoms with Crippen LogP contribution in [0.3, 0.4) is 0 Å². The largest absolute Gasteiger partial charge is 0.321 e. The number of aliphatic imine (C=N–C) groups is 1. The number of benzodiazepines with no additional fused rings is 1. The van der Waals surface area contributed by atoms with E-state index in [1.54, 1.807) is 13.1 Å². The Hall–Kier alpha value is -3.45. The molecule has 6 nitrogen and oxygen atoms in total. The third kappa shape index (κ3) is 4.36. The summed E-state index contributed by atoms with van der Waals surface area (Å²) < 4.78 is 0.953. The number of aryl methyl sites for hydroxylation is 1. The fourth-order valence-electron chi connectivity index (χ4n) is 3.46. The maximum absolute atomic E-state index is 13.1. The van der Waals surface area contributed by atoms with Crippen molar-refractivity contribution in [2.24, 2.45) is 4.99 Å². The zero-order valence-corrected chi connectivity index (χ0v) is 18.7. The topological polar surface area (TPSA) is 73.8 Å². The minimum absolute atomic E-state index is 0.319. The van der Waals surface area contributed by atoms with Crippen LogP contribution in [-0.4, -0.2) is 30.9 Å². The number of likely N-dealkylation sites (N-methyl/N-ethyl adjacent to an activating group) is 1. The predicted molar refractivity (Wildman–Crippen MR) is 127 cm³/mol. The molecule has 4 rings (SSSR count). The number of benzene rings is 3. The van der Waals surface area contributed by atoms with Crippen LogP contribution < -0.4 is 15.5 Å². The van der Waals surface area contributed by atoms with Gasteiger partial charge in [-0.05, 0) is 36.8 Å². The molecule has 0 saturated carbocycles. The average molecular weight is 477 g/mol. The number of halogens is 1. The van der Waals surface area contributed by atoms with E-state index in [0.29, 0.717) is 11.4 Å². The Balaban J connectivity index is 1.67. The second-order valence-corrected chi connectivity index (χ2v) is 8.08. The highest BCUT2D eigenvalue weighted by molar-refractivity contribution is 9.10. The molecule has 1 aliphatic rings. The normalized spacial score (nSPS) is 15.6. The van der Waals surface area contributed by atoms with E-state index in [4.69, 9.17) is 0 Å². The van der Waals surface area contributed by atoms with Gasteiger partial charge in [-0.1, -0.05) is 64.5 Å². The van der Waals surface area contributed by atoms with Gasteiger partial charge in [0.1, 0.15) is 0 Å². The van der Waals surface area contributed by atoms with Crippen molar-refractivity contribution in [1.82, 2.24) is 5.32 Å². The number of anilines is 2. The molecule has 3 amide bonds. The molecule has 31 heavy (non-hydrogen) atoms. The van der Waals surface area contributed by atoms with E-state index in [1.807, 2.05) is 73.7 Å². The van der Waals surface area contributed by atoms with Crippen LogP contribution >= 0.6 is 15.9 Å². The molecule has 1 atom stereocenters. The highest BCUT2D eigenvalue weighted by atomic mass is 79.9. The first-order valence-corrected chi connectivity index (χ1v) is 10.6. The zero-order chi connectivity index (χ0) is 22.0. The number of nitrogens with zero attached hydrogens (tertiary/aromatic N) is 2. The summed E-state index contributed by atoms with van der Waals surface area (Å²) in [7, 11) is 1.69. The van der Waals surface area contributed by atoms with Crippen molar-refractivity contribution in [3.63, 3.8) is 0 Å². The van der Waals surface area contributed by atoms with E-state index in [0.717, 1.165) is 26.9 Å². The summed E-state index contributed by atoms with van der Waals surface area (Å²) in [5, 5.41) is 5.49. The minimum Gasteiger partial charge on any atom is -0.311 e. The van der Waals surface area contributed by atoms with Crippen molar-refractivity contribution in [2.75, 3.05) is 17.3 Å². The van der Waals surface area contributed by atoms with Crippen molar-refractivity contribution < 1.29 is 9.59 Å². The van der Waals surface area contributed by atoms with Crippen molar-refractivity contribution in [2.45, 2.75) is 13.1 Å². The van der Waals surface area contributed by atoms with Crippen LogP contribution in [0.15, 0.2) is 82.3 Å². The molecule has 0 radical (unpaired) electrons. The van der Waals surface area contributed by atoms with Crippen LogP contribution in [0.1, 0.15) is 16.7 Å². The number of urea groups is 1. The van der Waals surface area contributed by atoms with Gasteiger partial charge in [-0.3, -0.25) is 4.79 Å². The summed E-state index contributed by atoms with van der Waals surface area (Å²) in [6.45, 7) is 1.94. The Morgan fingerprint density at radius 3 is 2.48 bits per heavy atom. The van der Waals surface area contributed by atoms with Crippen LogP contribution in [-0.2, 0) is 4.79 Å². The number of hydrogen-bond acceptors (Lipinski definition) is 3. The highest BCUT2D eigenvalue weighted by Gasteiger charge is 2.30. The highest BCUT2D eigenvalue weighted by Crippen LogP contribution is 2.27. The number of para-hydroxylation sites is 1. The average Bonchev–Trinajstić information content (AvgIpc) is 2.88. The van der Waals surface area contributed by atoms with Crippen molar-refractivity contribution in [3.8, 4) is 0 Å². The van der Waals surface area contributed by atoms with Gasteiger partial charge in [-0.25, -0.2) is 9.79 Å². The molecule has 7 heteroatoms. The quantitative estimate of drug-likeness (QED) is 0.573. The molecule has 3 aromatic rings. The maximum atomic E-state index is 13.1. The predicted octanol–water partition coefficient (Wildman–Crippen LogP) is 4.72. The lowest BCUT2D eigenvalue weighted by atomic mass is 10.0.